The number of nitrogens with one attached hydrogen (secondary N) is 1. The van der Waals surface area contributed by atoms with E-state index in [1.54, 1.807) is 0 Å². The molecular formula is C14H15N3O3. The van der Waals surface area contributed by atoms with E-state index in [0.717, 1.165) is 12.2 Å². The number of benzene rings is 1. The number of anilines is 1. The average Bonchev–Trinajstić information content (AvgIpc) is 3.14. The van der Waals surface area contributed by atoms with Gasteiger partial charge in [0.1, 0.15) is 6.10 Å². The lowest BCUT2D eigenvalue weighted by molar-refractivity contribution is -0.0941. The number of rotatable bonds is 2. The van der Waals surface area contributed by atoms with Crippen molar-refractivity contribution in [1.29, 1.82) is 0 Å². The molecule has 2 aromatic rings. The van der Waals surface area contributed by atoms with Crippen LogP contribution in [-0.2, 0) is 9.47 Å². The Hall–Kier alpha value is -1.92. The molecule has 0 amide bonds. The first-order valence-corrected chi connectivity index (χ1v) is 6.77. The Labute approximate surface area is 116 Å². The topological polar surface area (TPSA) is 69.4 Å². The molecule has 0 bridgehead atoms. The van der Waals surface area contributed by atoms with Gasteiger partial charge in [-0.1, -0.05) is 23.4 Å². The maximum atomic E-state index is 5.58. The van der Waals surface area contributed by atoms with Gasteiger partial charge in [-0.3, -0.25) is 0 Å². The van der Waals surface area contributed by atoms with Gasteiger partial charge in [0.05, 0.1) is 25.7 Å². The third-order valence-electron chi connectivity index (χ3n) is 3.69. The fourth-order valence-electron chi connectivity index (χ4n) is 2.66. The van der Waals surface area contributed by atoms with E-state index in [2.05, 4.69) is 27.6 Å². The monoisotopic (exact) mass is 273 g/mol. The molecule has 1 aromatic heterocycles. The van der Waals surface area contributed by atoms with Crippen LogP contribution in [0.3, 0.4) is 0 Å². The Balaban J connectivity index is 1.59. The van der Waals surface area contributed by atoms with Crippen molar-refractivity contribution in [2.45, 2.75) is 12.0 Å². The fourth-order valence-corrected chi connectivity index (χ4v) is 2.66. The minimum Gasteiger partial charge on any atom is -0.384 e. The highest BCUT2D eigenvalue weighted by molar-refractivity contribution is 5.59. The van der Waals surface area contributed by atoms with Gasteiger partial charge in [-0.25, -0.2) is 0 Å². The molecular weight excluding hydrogens is 258 g/mol. The predicted octanol–water partition coefficient (Wildman–Crippen LogP) is 1.71. The summed E-state index contributed by atoms with van der Waals surface area (Å²) in [6.45, 7) is 2.46. The van der Waals surface area contributed by atoms with Gasteiger partial charge in [-0.15, -0.1) is 0 Å². The van der Waals surface area contributed by atoms with Crippen molar-refractivity contribution in [3.05, 3.63) is 41.5 Å². The van der Waals surface area contributed by atoms with Crippen molar-refractivity contribution >= 4 is 5.69 Å². The number of fused-ring (bicyclic) bond motifs is 1. The molecule has 0 aliphatic carbocycles. The summed E-state index contributed by atoms with van der Waals surface area (Å²) in [5.41, 5.74) is 2.33. The van der Waals surface area contributed by atoms with E-state index in [9.17, 15) is 0 Å². The highest BCUT2D eigenvalue weighted by Crippen LogP contribution is 2.35. The molecule has 1 fully saturated rings. The van der Waals surface area contributed by atoms with Crippen molar-refractivity contribution in [2.24, 2.45) is 0 Å². The van der Waals surface area contributed by atoms with Crippen LogP contribution in [0.1, 0.15) is 29.3 Å². The van der Waals surface area contributed by atoms with E-state index in [-0.39, 0.29) is 12.0 Å². The lowest BCUT2D eigenvalue weighted by Crippen LogP contribution is -2.22. The zero-order valence-corrected chi connectivity index (χ0v) is 10.9. The van der Waals surface area contributed by atoms with Gasteiger partial charge in [-0.2, -0.15) is 4.98 Å². The van der Waals surface area contributed by atoms with Crippen LogP contribution in [0.15, 0.2) is 28.8 Å². The average molecular weight is 273 g/mol. The first kappa shape index (κ1) is 11.9. The van der Waals surface area contributed by atoms with E-state index in [1.165, 1.54) is 5.56 Å². The Bertz CT molecular complexity index is 607. The number of para-hydroxylation sites is 1. The van der Waals surface area contributed by atoms with Crippen LogP contribution >= 0.6 is 0 Å². The summed E-state index contributed by atoms with van der Waals surface area (Å²) >= 11 is 0. The summed E-state index contributed by atoms with van der Waals surface area (Å²) in [5, 5.41) is 7.39. The summed E-state index contributed by atoms with van der Waals surface area (Å²) in [4.78, 5) is 4.49. The van der Waals surface area contributed by atoms with Gasteiger partial charge in [-0.05, 0) is 11.6 Å². The molecule has 4 rings (SSSR count). The Kier molecular flexibility index (Phi) is 2.90. The molecule has 2 unspecified atom stereocenters. The van der Waals surface area contributed by atoms with Gasteiger partial charge >= 0.3 is 0 Å². The van der Waals surface area contributed by atoms with E-state index in [4.69, 9.17) is 14.0 Å². The van der Waals surface area contributed by atoms with Crippen molar-refractivity contribution in [2.75, 3.05) is 31.7 Å². The van der Waals surface area contributed by atoms with Crippen LogP contribution in [0.25, 0.3) is 0 Å². The number of hydrogen-bond acceptors (Lipinski definition) is 6. The van der Waals surface area contributed by atoms with Crippen molar-refractivity contribution in [3.8, 4) is 0 Å². The zero-order valence-electron chi connectivity index (χ0n) is 10.9. The molecule has 0 spiro atoms. The van der Waals surface area contributed by atoms with Crippen LogP contribution in [-0.4, -0.2) is 36.5 Å². The lowest BCUT2D eigenvalue weighted by atomic mass is 10.0. The molecule has 2 aliphatic heterocycles. The summed E-state index contributed by atoms with van der Waals surface area (Å²) < 4.78 is 16.4. The highest BCUT2D eigenvalue weighted by atomic mass is 16.6. The Morgan fingerprint density at radius 3 is 3.05 bits per heavy atom. The summed E-state index contributed by atoms with van der Waals surface area (Å²) in [6, 6.07) is 8.18. The second-order valence-electron chi connectivity index (χ2n) is 4.95. The van der Waals surface area contributed by atoms with Gasteiger partial charge < -0.3 is 19.3 Å². The largest absolute Gasteiger partial charge is 0.384 e. The van der Waals surface area contributed by atoms with Gasteiger partial charge in [0.15, 0.2) is 0 Å². The molecule has 6 heteroatoms. The lowest BCUT2D eigenvalue weighted by Gasteiger charge is -2.19. The molecule has 20 heavy (non-hydrogen) atoms. The minimum atomic E-state index is -0.217. The van der Waals surface area contributed by atoms with Crippen LogP contribution in [0, 0.1) is 0 Å². The summed E-state index contributed by atoms with van der Waals surface area (Å²) in [7, 11) is 0. The van der Waals surface area contributed by atoms with E-state index >= 15 is 0 Å². The molecule has 2 aliphatic rings. The third-order valence-corrected chi connectivity index (χ3v) is 3.69. The summed E-state index contributed by atoms with van der Waals surface area (Å²) in [5.74, 6) is 1.31. The normalized spacial score (nSPS) is 25.2. The molecule has 6 nitrogen and oxygen atoms in total. The second-order valence-corrected chi connectivity index (χ2v) is 4.95. The van der Waals surface area contributed by atoms with Gasteiger partial charge in [0.25, 0.3) is 0 Å². The van der Waals surface area contributed by atoms with Crippen molar-refractivity contribution in [3.63, 3.8) is 0 Å². The van der Waals surface area contributed by atoms with E-state index in [0.29, 0.717) is 31.5 Å². The van der Waals surface area contributed by atoms with Crippen LogP contribution in [0.4, 0.5) is 5.69 Å². The van der Waals surface area contributed by atoms with Crippen molar-refractivity contribution in [1.82, 2.24) is 10.1 Å². The SMILES string of the molecule is c1ccc2c(c1)NCC2c1nc(C2COCCO2)no1. The Morgan fingerprint density at radius 2 is 2.15 bits per heavy atom. The number of nitrogens with zero attached hydrogens (tertiary/aromatic N) is 2. The molecule has 1 aromatic carbocycles. The van der Waals surface area contributed by atoms with Gasteiger partial charge in [0, 0.05) is 12.2 Å². The predicted molar refractivity (Wildman–Crippen MR) is 70.6 cm³/mol. The molecule has 1 N–H and O–H groups in total. The number of hydrogen-bond donors (Lipinski definition) is 1. The molecule has 0 saturated carbocycles. The maximum Gasteiger partial charge on any atom is 0.236 e. The third kappa shape index (κ3) is 1.97. The van der Waals surface area contributed by atoms with E-state index in [1.807, 2.05) is 12.1 Å². The smallest absolute Gasteiger partial charge is 0.236 e. The van der Waals surface area contributed by atoms with Crippen LogP contribution in [0.2, 0.25) is 0 Å². The first-order valence-electron chi connectivity index (χ1n) is 6.77. The molecule has 0 radical (unpaired) electrons. The molecule has 2 atom stereocenters. The molecule has 1 saturated heterocycles. The van der Waals surface area contributed by atoms with Crippen LogP contribution < -0.4 is 5.32 Å². The second kappa shape index (κ2) is 4.88. The maximum absolute atomic E-state index is 5.58. The fraction of sp³-hybridized carbons (Fsp3) is 0.429. The summed E-state index contributed by atoms with van der Waals surface area (Å²) in [6.07, 6.45) is -0.217. The molecule has 104 valence electrons. The van der Waals surface area contributed by atoms with Crippen LogP contribution in [0.5, 0.6) is 0 Å². The Morgan fingerprint density at radius 1 is 1.20 bits per heavy atom. The van der Waals surface area contributed by atoms with Crippen molar-refractivity contribution < 1.29 is 14.0 Å². The standard InChI is InChI=1S/C14H15N3O3/c1-2-4-11-9(3-1)10(7-15-11)14-16-13(17-20-14)12-8-18-5-6-19-12/h1-4,10,12,15H,5-8H2. The van der Waals surface area contributed by atoms with E-state index < -0.39 is 0 Å². The number of ether oxygens (including phenoxy) is 2. The minimum absolute atomic E-state index is 0.108. The highest BCUT2D eigenvalue weighted by Gasteiger charge is 2.30. The number of aromatic nitrogens is 2. The quantitative estimate of drug-likeness (QED) is 0.898. The zero-order chi connectivity index (χ0) is 13.4. The molecule has 3 heterocycles. The first-order chi connectivity index (χ1) is 9.92. The van der Waals surface area contributed by atoms with Gasteiger partial charge in [0.2, 0.25) is 11.7 Å².